The number of nitrogens with one attached hydrogen (secondary N) is 1. The molecule has 1 aromatic rings. The minimum atomic E-state index is -0.247. The molecule has 20 heavy (non-hydrogen) atoms. The second-order valence-corrected chi connectivity index (χ2v) is 5.61. The van der Waals surface area contributed by atoms with E-state index in [0.717, 1.165) is 5.56 Å². The van der Waals surface area contributed by atoms with Gasteiger partial charge in [0.25, 0.3) is 0 Å². The number of anilines is 1. The third kappa shape index (κ3) is 3.58. The molecule has 1 aliphatic heterocycles. The Morgan fingerprint density at radius 2 is 2.00 bits per heavy atom. The highest BCUT2D eigenvalue weighted by Gasteiger charge is 2.25. The van der Waals surface area contributed by atoms with Gasteiger partial charge in [-0.3, -0.25) is 14.5 Å². The van der Waals surface area contributed by atoms with Crippen LogP contribution >= 0.6 is 11.6 Å². The molecule has 1 atom stereocenters. The van der Waals surface area contributed by atoms with Gasteiger partial charge < -0.3 is 5.32 Å². The van der Waals surface area contributed by atoms with Gasteiger partial charge in [0.15, 0.2) is 0 Å². The van der Waals surface area contributed by atoms with Gasteiger partial charge in [0, 0.05) is 36.6 Å². The molecule has 0 aromatic heterocycles. The van der Waals surface area contributed by atoms with E-state index in [-0.39, 0.29) is 17.7 Å². The average molecular weight is 295 g/mol. The van der Waals surface area contributed by atoms with Gasteiger partial charge in [-0.25, -0.2) is 0 Å². The Kier molecular flexibility index (Phi) is 4.78. The lowest BCUT2D eigenvalue weighted by Gasteiger charge is -2.30. The molecule has 0 aliphatic carbocycles. The van der Waals surface area contributed by atoms with E-state index in [9.17, 15) is 9.59 Å². The molecule has 1 heterocycles. The van der Waals surface area contributed by atoms with Gasteiger partial charge in [-0.15, -0.1) is 0 Å². The number of amides is 1. The van der Waals surface area contributed by atoms with Gasteiger partial charge >= 0.3 is 0 Å². The maximum absolute atomic E-state index is 12.2. The number of nitrogens with zero attached hydrogens (tertiary/aromatic N) is 1. The fourth-order valence-corrected chi connectivity index (χ4v) is 2.42. The van der Waals surface area contributed by atoms with Crippen LogP contribution in [0.1, 0.15) is 25.3 Å². The highest BCUT2D eigenvalue weighted by Crippen LogP contribution is 2.20. The van der Waals surface area contributed by atoms with E-state index in [4.69, 9.17) is 11.6 Å². The van der Waals surface area contributed by atoms with Crippen molar-refractivity contribution in [2.75, 3.05) is 18.4 Å². The molecule has 0 radical (unpaired) electrons. The van der Waals surface area contributed by atoms with Crippen LogP contribution in [0.2, 0.25) is 5.02 Å². The highest BCUT2D eigenvalue weighted by atomic mass is 35.5. The van der Waals surface area contributed by atoms with Gasteiger partial charge in [0.1, 0.15) is 5.78 Å². The van der Waals surface area contributed by atoms with Crippen molar-refractivity contribution in [2.45, 2.75) is 32.7 Å². The van der Waals surface area contributed by atoms with Crippen molar-refractivity contribution in [3.63, 3.8) is 0 Å². The minimum Gasteiger partial charge on any atom is -0.325 e. The fraction of sp³-hybridized carbons (Fsp3) is 0.467. The van der Waals surface area contributed by atoms with Crippen LogP contribution in [0.3, 0.4) is 0 Å². The summed E-state index contributed by atoms with van der Waals surface area (Å²) < 4.78 is 0. The van der Waals surface area contributed by atoms with E-state index in [1.807, 2.05) is 30.9 Å². The van der Waals surface area contributed by atoms with Crippen LogP contribution in [0.5, 0.6) is 0 Å². The SMILES string of the molecule is Cc1ccc(NC(=O)C(C)N2CCC(=O)CC2)cc1Cl. The lowest BCUT2D eigenvalue weighted by molar-refractivity contribution is -0.126. The van der Waals surface area contributed by atoms with E-state index in [1.54, 1.807) is 6.07 Å². The number of rotatable bonds is 3. The summed E-state index contributed by atoms with van der Waals surface area (Å²) >= 11 is 6.04. The number of Topliss-reactive ketones (excluding diaryl/α,β-unsaturated/α-hetero) is 1. The summed E-state index contributed by atoms with van der Waals surface area (Å²) in [5.41, 5.74) is 1.68. The number of halogens is 1. The average Bonchev–Trinajstić information content (AvgIpc) is 2.43. The molecule has 108 valence electrons. The van der Waals surface area contributed by atoms with Crippen molar-refractivity contribution in [3.05, 3.63) is 28.8 Å². The second kappa shape index (κ2) is 6.37. The normalized spacial score (nSPS) is 17.9. The van der Waals surface area contributed by atoms with Crippen LogP contribution in [0.4, 0.5) is 5.69 Å². The number of hydrogen-bond donors (Lipinski definition) is 1. The van der Waals surface area contributed by atoms with Crippen molar-refractivity contribution in [1.29, 1.82) is 0 Å². The predicted molar refractivity (Wildman–Crippen MR) is 80.1 cm³/mol. The number of hydrogen-bond acceptors (Lipinski definition) is 3. The van der Waals surface area contributed by atoms with Gasteiger partial charge in [-0.05, 0) is 31.5 Å². The Balaban J connectivity index is 1.96. The quantitative estimate of drug-likeness (QED) is 0.932. The Labute approximate surface area is 124 Å². The molecule has 0 bridgehead atoms. The summed E-state index contributed by atoms with van der Waals surface area (Å²) in [6, 6.07) is 5.22. The molecule has 4 nitrogen and oxygen atoms in total. The van der Waals surface area contributed by atoms with Crippen molar-refractivity contribution in [2.24, 2.45) is 0 Å². The third-order valence-corrected chi connectivity index (χ3v) is 4.13. The number of benzene rings is 1. The fourth-order valence-electron chi connectivity index (χ4n) is 2.24. The zero-order chi connectivity index (χ0) is 14.7. The zero-order valence-electron chi connectivity index (χ0n) is 11.8. The van der Waals surface area contributed by atoms with E-state index in [2.05, 4.69) is 5.32 Å². The Morgan fingerprint density at radius 3 is 2.60 bits per heavy atom. The van der Waals surface area contributed by atoms with E-state index in [1.165, 1.54) is 0 Å². The second-order valence-electron chi connectivity index (χ2n) is 5.20. The molecule has 1 aromatic carbocycles. The van der Waals surface area contributed by atoms with Crippen molar-refractivity contribution in [3.8, 4) is 0 Å². The Morgan fingerprint density at radius 1 is 1.35 bits per heavy atom. The number of carbonyl (C=O) groups is 2. The van der Waals surface area contributed by atoms with E-state index in [0.29, 0.717) is 36.6 Å². The smallest absolute Gasteiger partial charge is 0.241 e. The largest absolute Gasteiger partial charge is 0.325 e. The first kappa shape index (κ1) is 15.0. The molecule has 1 fully saturated rings. The van der Waals surface area contributed by atoms with E-state index >= 15 is 0 Å². The lowest BCUT2D eigenvalue weighted by atomic mass is 10.1. The summed E-state index contributed by atoms with van der Waals surface area (Å²) in [4.78, 5) is 25.5. The third-order valence-electron chi connectivity index (χ3n) is 3.72. The summed E-state index contributed by atoms with van der Waals surface area (Å²) in [7, 11) is 0. The van der Waals surface area contributed by atoms with Crippen molar-refractivity contribution in [1.82, 2.24) is 4.90 Å². The summed E-state index contributed by atoms with van der Waals surface area (Å²) in [6.07, 6.45) is 1.07. The minimum absolute atomic E-state index is 0.0701. The number of piperidine rings is 1. The van der Waals surface area contributed by atoms with Crippen LogP contribution in [-0.2, 0) is 9.59 Å². The zero-order valence-corrected chi connectivity index (χ0v) is 12.5. The molecule has 5 heteroatoms. The summed E-state index contributed by atoms with van der Waals surface area (Å²) in [5, 5.41) is 3.51. The van der Waals surface area contributed by atoms with Crippen molar-refractivity contribution >= 4 is 29.0 Å². The lowest BCUT2D eigenvalue weighted by Crippen LogP contribution is -2.46. The highest BCUT2D eigenvalue weighted by molar-refractivity contribution is 6.31. The molecular formula is C15H19ClN2O2. The first-order chi connectivity index (χ1) is 9.47. The Bertz CT molecular complexity index is 521. The molecule has 2 rings (SSSR count). The van der Waals surface area contributed by atoms with Gasteiger partial charge in [-0.1, -0.05) is 17.7 Å². The van der Waals surface area contributed by atoms with Crippen LogP contribution < -0.4 is 5.32 Å². The Hall–Kier alpha value is -1.39. The molecular weight excluding hydrogens is 276 g/mol. The maximum atomic E-state index is 12.2. The molecule has 1 aliphatic rings. The van der Waals surface area contributed by atoms with Crippen LogP contribution in [0, 0.1) is 6.92 Å². The summed E-state index contributed by atoms with van der Waals surface area (Å²) in [6.45, 7) is 5.09. The monoisotopic (exact) mass is 294 g/mol. The first-order valence-electron chi connectivity index (χ1n) is 6.80. The van der Waals surface area contributed by atoms with Gasteiger partial charge in [0.2, 0.25) is 5.91 Å². The number of carbonyl (C=O) groups excluding carboxylic acids is 2. The predicted octanol–water partition coefficient (Wildman–Crippen LogP) is 2.64. The number of aryl methyl sites for hydroxylation is 1. The molecule has 0 spiro atoms. The van der Waals surface area contributed by atoms with Crippen LogP contribution in [-0.4, -0.2) is 35.7 Å². The molecule has 1 N–H and O–H groups in total. The van der Waals surface area contributed by atoms with Crippen LogP contribution in [0.15, 0.2) is 18.2 Å². The van der Waals surface area contributed by atoms with E-state index < -0.39 is 0 Å². The number of ketones is 1. The molecule has 1 unspecified atom stereocenters. The maximum Gasteiger partial charge on any atom is 0.241 e. The summed E-state index contributed by atoms with van der Waals surface area (Å²) in [5.74, 6) is 0.207. The first-order valence-corrected chi connectivity index (χ1v) is 7.18. The van der Waals surface area contributed by atoms with Gasteiger partial charge in [0.05, 0.1) is 6.04 Å². The standard InChI is InChI=1S/C15H19ClN2O2/c1-10-3-4-12(9-14(10)16)17-15(20)11(2)18-7-5-13(19)6-8-18/h3-4,9,11H,5-8H2,1-2H3,(H,17,20). The van der Waals surface area contributed by atoms with Gasteiger partial charge in [-0.2, -0.15) is 0 Å². The molecule has 1 amide bonds. The molecule has 0 saturated carbocycles. The number of likely N-dealkylation sites (tertiary alicyclic amines) is 1. The molecule has 1 saturated heterocycles. The van der Waals surface area contributed by atoms with Crippen LogP contribution in [0.25, 0.3) is 0 Å². The topological polar surface area (TPSA) is 49.4 Å². The van der Waals surface area contributed by atoms with Crippen molar-refractivity contribution < 1.29 is 9.59 Å².